The van der Waals surface area contributed by atoms with Gasteiger partial charge >= 0.3 is 0 Å². The first kappa shape index (κ1) is 20.4. The topological polar surface area (TPSA) is 88.5 Å². The average molecular weight is 525 g/mol. The molecule has 1 aromatic carbocycles. The van der Waals surface area contributed by atoms with Crippen molar-refractivity contribution in [3.63, 3.8) is 0 Å². The third-order valence-electron chi connectivity index (χ3n) is 5.50. The van der Waals surface area contributed by atoms with Gasteiger partial charge in [-0.2, -0.15) is 9.61 Å². The van der Waals surface area contributed by atoms with E-state index in [1.165, 1.54) is 0 Å². The number of primary amides is 1. The van der Waals surface area contributed by atoms with Gasteiger partial charge in [-0.3, -0.25) is 4.79 Å². The Hall–Kier alpha value is -1.91. The summed E-state index contributed by atoms with van der Waals surface area (Å²) in [6.07, 6.45) is 3.09. The molecule has 0 aliphatic carbocycles. The Morgan fingerprint density at radius 1 is 1.31 bits per heavy atom. The maximum atomic E-state index is 12.1. The van der Waals surface area contributed by atoms with Crippen LogP contribution in [-0.4, -0.2) is 45.7 Å². The van der Waals surface area contributed by atoms with Crippen LogP contribution >= 0.6 is 34.2 Å². The summed E-state index contributed by atoms with van der Waals surface area (Å²) >= 11 is 8.68. The fourth-order valence-electron chi connectivity index (χ4n) is 3.94. The van der Waals surface area contributed by atoms with Crippen molar-refractivity contribution in [1.82, 2.24) is 19.9 Å². The molecule has 0 atom stereocenters. The predicted octanol–water partition coefficient (Wildman–Crippen LogP) is 3.09. The molecule has 0 bridgehead atoms. The molecule has 1 fully saturated rings. The van der Waals surface area contributed by atoms with E-state index in [1.807, 2.05) is 41.8 Å². The van der Waals surface area contributed by atoms with Gasteiger partial charge in [-0.1, -0.05) is 36.7 Å². The normalized spacial score (nSPS) is 16.3. The molecule has 0 radical (unpaired) electrons. The number of nitrogens with two attached hydrogens (primary N) is 1. The summed E-state index contributed by atoms with van der Waals surface area (Å²) in [5.41, 5.74) is 7.55. The molecule has 9 heteroatoms. The zero-order chi connectivity index (χ0) is 20.6. The minimum absolute atomic E-state index is 0.284. The molecule has 0 saturated carbocycles. The van der Waals surface area contributed by atoms with Crippen molar-refractivity contribution in [1.29, 1.82) is 0 Å². The highest BCUT2D eigenvalue weighted by Crippen LogP contribution is 2.34. The Bertz CT molecular complexity index is 1060. The number of hydrogen-bond acceptors (Lipinski definition) is 5. The van der Waals surface area contributed by atoms with Crippen molar-refractivity contribution < 1.29 is 4.79 Å². The zero-order valence-corrected chi connectivity index (χ0v) is 18.9. The molecule has 0 unspecified atom stereocenters. The number of fused-ring (bicyclic) bond motifs is 1. The fourth-order valence-corrected chi connectivity index (χ4v) is 4.93. The maximum Gasteiger partial charge on any atom is 0.237 e. The standard InChI is InChI=1S/C20H22ClIN6O/c1-2-25-20(19(23)29)8-11-27(12-9-20)15-7-10-24-18-16(22)17(26-28(15)18)13-5-3-4-6-14(13)21/h3-7,10,25H,2,8-9,11-12H2,1H3,(H2,23,29). The number of likely N-dealkylation sites (N-methyl/N-ethyl adjacent to an activating group) is 1. The summed E-state index contributed by atoms with van der Waals surface area (Å²) < 4.78 is 2.82. The lowest BCUT2D eigenvalue weighted by Gasteiger charge is -2.40. The second-order valence-corrected chi connectivity index (χ2v) is 8.63. The van der Waals surface area contributed by atoms with Crippen LogP contribution in [0.3, 0.4) is 0 Å². The lowest BCUT2D eigenvalue weighted by atomic mass is 9.86. The van der Waals surface area contributed by atoms with Crippen LogP contribution in [0.1, 0.15) is 19.8 Å². The van der Waals surface area contributed by atoms with E-state index in [2.05, 4.69) is 37.8 Å². The van der Waals surface area contributed by atoms with E-state index in [-0.39, 0.29) is 5.91 Å². The molecule has 1 saturated heterocycles. The fraction of sp³-hybridized carbons (Fsp3) is 0.350. The maximum absolute atomic E-state index is 12.1. The molecule has 3 N–H and O–H groups in total. The van der Waals surface area contributed by atoms with E-state index in [9.17, 15) is 4.79 Å². The number of hydrogen-bond donors (Lipinski definition) is 2. The van der Waals surface area contributed by atoms with Crippen molar-refractivity contribution >= 4 is 51.6 Å². The number of nitrogens with zero attached hydrogens (tertiary/aromatic N) is 4. The van der Waals surface area contributed by atoms with Gasteiger partial charge in [0.2, 0.25) is 5.91 Å². The van der Waals surface area contributed by atoms with Crippen molar-refractivity contribution in [3.8, 4) is 11.3 Å². The number of halogens is 2. The summed E-state index contributed by atoms with van der Waals surface area (Å²) in [4.78, 5) is 18.8. The largest absolute Gasteiger partial charge is 0.368 e. The number of amides is 1. The minimum Gasteiger partial charge on any atom is -0.368 e. The van der Waals surface area contributed by atoms with Gasteiger partial charge in [0.05, 0.1) is 8.59 Å². The third-order valence-corrected chi connectivity index (χ3v) is 6.82. The van der Waals surface area contributed by atoms with Gasteiger partial charge in [0, 0.05) is 24.8 Å². The molecule has 1 aliphatic rings. The highest BCUT2D eigenvalue weighted by Gasteiger charge is 2.39. The number of rotatable bonds is 5. The molecule has 2 aromatic heterocycles. The van der Waals surface area contributed by atoms with E-state index in [0.717, 1.165) is 26.3 Å². The van der Waals surface area contributed by atoms with Crippen molar-refractivity contribution in [2.45, 2.75) is 25.3 Å². The molecule has 3 heterocycles. The Kier molecular flexibility index (Phi) is 5.67. The smallest absolute Gasteiger partial charge is 0.237 e. The number of carbonyl (C=O) groups is 1. The summed E-state index contributed by atoms with van der Waals surface area (Å²) in [7, 11) is 0. The quantitative estimate of drug-likeness (QED) is 0.501. The first-order valence-corrected chi connectivity index (χ1v) is 11.0. The molecular weight excluding hydrogens is 503 g/mol. The van der Waals surface area contributed by atoms with E-state index in [0.29, 0.717) is 37.5 Å². The molecule has 29 heavy (non-hydrogen) atoms. The van der Waals surface area contributed by atoms with E-state index in [1.54, 1.807) is 6.20 Å². The summed E-state index contributed by atoms with van der Waals surface area (Å²) in [6.45, 7) is 4.10. The van der Waals surface area contributed by atoms with Crippen molar-refractivity contribution in [3.05, 3.63) is 45.1 Å². The average Bonchev–Trinajstić information content (AvgIpc) is 3.06. The van der Waals surface area contributed by atoms with Crippen LogP contribution in [0.25, 0.3) is 16.9 Å². The Morgan fingerprint density at radius 3 is 2.69 bits per heavy atom. The van der Waals surface area contributed by atoms with Gasteiger partial charge in [0.15, 0.2) is 5.65 Å². The molecule has 7 nitrogen and oxygen atoms in total. The Morgan fingerprint density at radius 2 is 2.03 bits per heavy atom. The highest BCUT2D eigenvalue weighted by atomic mass is 127. The SMILES string of the molecule is CCNC1(C(N)=O)CCN(c2ccnc3c(I)c(-c4ccccc4Cl)nn23)CC1. The lowest BCUT2D eigenvalue weighted by molar-refractivity contribution is -0.125. The van der Waals surface area contributed by atoms with Gasteiger partial charge in [-0.05, 0) is 54.1 Å². The molecular formula is C20H22ClIN6O. The van der Waals surface area contributed by atoms with Crippen LogP contribution in [0.5, 0.6) is 0 Å². The number of anilines is 1. The van der Waals surface area contributed by atoms with Gasteiger partial charge in [-0.15, -0.1) is 0 Å². The molecule has 4 rings (SSSR count). The zero-order valence-electron chi connectivity index (χ0n) is 16.0. The van der Waals surface area contributed by atoms with Gasteiger partial charge in [0.25, 0.3) is 0 Å². The molecule has 1 aliphatic heterocycles. The number of piperidine rings is 1. The lowest BCUT2D eigenvalue weighted by Crippen LogP contribution is -2.61. The second kappa shape index (κ2) is 8.08. The Labute approximate surface area is 187 Å². The van der Waals surface area contributed by atoms with Gasteiger partial charge in [0.1, 0.15) is 17.1 Å². The van der Waals surface area contributed by atoms with Crippen molar-refractivity contribution in [2.75, 3.05) is 24.5 Å². The molecule has 152 valence electrons. The summed E-state index contributed by atoms with van der Waals surface area (Å²) in [6, 6.07) is 9.63. The van der Waals surface area contributed by atoms with Gasteiger partial charge < -0.3 is 16.0 Å². The second-order valence-electron chi connectivity index (χ2n) is 7.14. The van der Waals surface area contributed by atoms with E-state index < -0.39 is 5.54 Å². The monoisotopic (exact) mass is 524 g/mol. The number of benzene rings is 1. The summed E-state index contributed by atoms with van der Waals surface area (Å²) in [5, 5.41) is 8.79. The summed E-state index contributed by atoms with van der Waals surface area (Å²) in [5.74, 6) is 0.661. The molecule has 1 amide bonds. The van der Waals surface area contributed by atoms with Crippen LogP contribution in [-0.2, 0) is 4.79 Å². The van der Waals surface area contributed by atoms with Crippen LogP contribution in [0, 0.1) is 3.57 Å². The van der Waals surface area contributed by atoms with Gasteiger partial charge in [-0.25, -0.2) is 4.98 Å². The van der Waals surface area contributed by atoms with Crippen LogP contribution in [0.4, 0.5) is 5.82 Å². The Balaban J connectivity index is 1.70. The number of aromatic nitrogens is 3. The highest BCUT2D eigenvalue weighted by molar-refractivity contribution is 14.1. The van der Waals surface area contributed by atoms with Crippen LogP contribution in [0.15, 0.2) is 36.5 Å². The van der Waals surface area contributed by atoms with E-state index >= 15 is 0 Å². The first-order chi connectivity index (χ1) is 14.0. The third kappa shape index (κ3) is 3.57. The molecule has 0 spiro atoms. The number of carbonyl (C=O) groups excluding carboxylic acids is 1. The van der Waals surface area contributed by atoms with Crippen LogP contribution < -0.4 is 16.0 Å². The minimum atomic E-state index is -0.640. The van der Waals surface area contributed by atoms with Crippen molar-refractivity contribution in [2.24, 2.45) is 5.73 Å². The molecule has 3 aromatic rings. The van der Waals surface area contributed by atoms with Crippen LogP contribution in [0.2, 0.25) is 5.02 Å². The number of nitrogens with one attached hydrogen (secondary N) is 1. The first-order valence-electron chi connectivity index (χ1n) is 9.55. The van der Waals surface area contributed by atoms with E-state index in [4.69, 9.17) is 22.4 Å². The predicted molar refractivity (Wildman–Crippen MR) is 123 cm³/mol.